The molecule has 3 atom stereocenters. The van der Waals surface area contributed by atoms with Gasteiger partial charge in [0.25, 0.3) is 0 Å². The molecule has 1 aliphatic carbocycles. The Bertz CT molecular complexity index is 286. The summed E-state index contributed by atoms with van der Waals surface area (Å²) in [4.78, 5) is 14.7. The van der Waals surface area contributed by atoms with Crippen LogP contribution in [0.1, 0.15) is 39.5 Å². The van der Waals surface area contributed by atoms with Gasteiger partial charge < -0.3 is 4.90 Å². The Balaban J connectivity index is 1.84. The molecular formula is C15H27NOS. The van der Waals surface area contributed by atoms with Crippen molar-refractivity contribution >= 4 is 17.5 Å². The van der Waals surface area contributed by atoms with E-state index in [2.05, 4.69) is 25.0 Å². The summed E-state index contributed by atoms with van der Waals surface area (Å²) in [7, 11) is 0. The van der Waals surface area contributed by atoms with E-state index in [9.17, 15) is 4.79 Å². The lowest BCUT2D eigenvalue weighted by Gasteiger charge is -2.37. The molecule has 2 rings (SSSR count). The van der Waals surface area contributed by atoms with E-state index >= 15 is 0 Å². The van der Waals surface area contributed by atoms with Crippen LogP contribution in [0.2, 0.25) is 0 Å². The minimum absolute atomic E-state index is 0.312. The van der Waals surface area contributed by atoms with Gasteiger partial charge in [-0.05, 0) is 50.4 Å². The Hall–Kier alpha value is -0.0200. The highest BCUT2D eigenvalue weighted by Gasteiger charge is 2.34. The van der Waals surface area contributed by atoms with Gasteiger partial charge in [-0.1, -0.05) is 13.8 Å². The molecule has 0 radical (unpaired) electrons. The minimum Gasteiger partial charge on any atom is -0.303 e. The molecule has 1 saturated carbocycles. The number of carbonyl (C=O) groups excluding carboxylic acids is 1. The summed E-state index contributed by atoms with van der Waals surface area (Å²) in [6, 6.07) is 0. The van der Waals surface area contributed by atoms with Crippen molar-refractivity contribution in [3.63, 3.8) is 0 Å². The smallest absolute Gasteiger partial charge is 0.137 e. The van der Waals surface area contributed by atoms with Crippen molar-refractivity contribution in [1.82, 2.24) is 4.90 Å². The Morgan fingerprint density at radius 2 is 1.94 bits per heavy atom. The van der Waals surface area contributed by atoms with Gasteiger partial charge in [-0.15, -0.1) is 0 Å². The average Bonchev–Trinajstić information content (AvgIpc) is 2.34. The molecular weight excluding hydrogens is 242 g/mol. The molecule has 0 N–H and O–H groups in total. The van der Waals surface area contributed by atoms with Crippen LogP contribution in [0.4, 0.5) is 0 Å². The number of Topliss-reactive ketones (excluding diaryl/α,β-unsaturated/α-hetero) is 1. The van der Waals surface area contributed by atoms with E-state index in [4.69, 9.17) is 0 Å². The van der Waals surface area contributed by atoms with Crippen LogP contribution in [0.15, 0.2) is 0 Å². The monoisotopic (exact) mass is 269 g/mol. The number of thioether (sulfide) groups is 1. The molecule has 1 heterocycles. The largest absolute Gasteiger partial charge is 0.303 e. The van der Waals surface area contributed by atoms with E-state index in [1.54, 1.807) is 0 Å². The lowest BCUT2D eigenvalue weighted by Crippen LogP contribution is -2.43. The fourth-order valence-electron chi connectivity index (χ4n) is 3.58. The highest BCUT2D eigenvalue weighted by Crippen LogP contribution is 2.32. The lowest BCUT2D eigenvalue weighted by molar-refractivity contribution is -0.128. The summed E-state index contributed by atoms with van der Waals surface area (Å²) in [6.45, 7) is 7.89. The summed E-state index contributed by atoms with van der Waals surface area (Å²) in [5.41, 5.74) is 0. The lowest BCUT2D eigenvalue weighted by atomic mass is 9.74. The Morgan fingerprint density at radius 1 is 1.28 bits per heavy atom. The number of piperidine rings is 1. The van der Waals surface area contributed by atoms with E-state index < -0.39 is 0 Å². The van der Waals surface area contributed by atoms with E-state index in [0.29, 0.717) is 23.5 Å². The Labute approximate surface area is 116 Å². The molecule has 0 bridgehead atoms. The van der Waals surface area contributed by atoms with Crippen molar-refractivity contribution in [3.05, 3.63) is 0 Å². The standard InChI is InChI=1S/C15H27NOS/c1-11-8-12(2)14(15(17)9-11)10-16-6-4-13(18-3)5-7-16/h11-14H,4-10H2,1-3H3. The maximum Gasteiger partial charge on any atom is 0.137 e. The quantitative estimate of drug-likeness (QED) is 0.785. The number of likely N-dealkylation sites (tertiary alicyclic amines) is 1. The van der Waals surface area contributed by atoms with Crippen molar-refractivity contribution in [2.24, 2.45) is 17.8 Å². The number of carbonyl (C=O) groups is 1. The second kappa shape index (κ2) is 6.42. The van der Waals surface area contributed by atoms with E-state index in [0.717, 1.165) is 18.2 Å². The average molecular weight is 269 g/mol. The molecule has 0 aromatic carbocycles. The SMILES string of the molecule is CSC1CCN(CC2C(=O)CC(C)CC2C)CC1. The first-order chi connectivity index (χ1) is 8.60. The number of nitrogens with zero attached hydrogens (tertiary/aromatic N) is 1. The fourth-order valence-corrected chi connectivity index (χ4v) is 4.26. The van der Waals surface area contributed by atoms with Gasteiger partial charge in [-0.25, -0.2) is 0 Å². The van der Waals surface area contributed by atoms with Crippen molar-refractivity contribution in [2.75, 3.05) is 25.9 Å². The summed E-state index contributed by atoms with van der Waals surface area (Å²) in [5, 5.41) is 0.848. The van der Waals surface area contributed by atoms with Gasteiger partial charge in [0, 0.05) is 24.1 Å². The van der Waals surface area contributed by atoms with Crippen LogP contribution in [0, 0.1) is 17.8 Å². The molecule has 0 aromatic heterocycles. The molecule has 18 heavy (non-hydrogen) atoms. The predicted molar refractivity (Wildman–Crippen MR) is 79.0 cm³/mol. The molecule has 2 fully saturated rings. The molecule has 2 aliphatic rings. The van der Waals surface area contributed by atoms with Gasteiger partial charge in [0.15, 0.2) is 0 Å². The van der Waals surface area contributed by atoms with Crippen LogP contribution in [-0.4, -0.2) is 41.8 Å². The second-order valence-corrected chi connectivity index (χ2v) is 7.47. The van der Waals surface area contributed by atoms with E-state index in [1.165, 1.54) is 32.4 Å². The topological polar surface area (TPSA) is 20.3 Å². The molecule has 104 valence electrons. The Kier molecular flexibility index (Phi) is 5.14. The maximum atomic E-state index is 12.2. The third kappa shape index (κ3) is 3.51. The number of rotatable bonds is 3. The molecule has 3 heteroatoms. The zero-order valence-electron chi connectivity index (χ0n) is 12.0. The van der Waals surface area contributed by atoms with Gasteiger partial charge in [0.1, 0.15) is 5.78 Å². The summed E-state index contributed by atoms with van der Waals surface area (Å²) in [6.07, 6.45) is 6.86. The fraction of sp³-hybridized carbons (Fsp3) is 0.933. The highest BCUT2D eigenvalue weighted by molar-refractivity contribution is 7.99. The van der Waals surface area contributed by atoms with Crippen LogP contribution in [-0.2, 0) is 4.79 Å². The predicted octanol–water partition coefficient (Wildman–Crippen LogP) is 3.07. The zero-order valence-corrected chi connectivity index (χ0v) is 12.8. The van der Waals surface area contributed by atoms with Crippen LogP contribution < -0.4 is 0 Å². The molecule has 2 nitrogen and oxygen atoms in total. The number of ketones is 1. The number of hydrogen-bond donors (Lipinski definition) is 0. The molecule has 1 aliphatic heterocycles. The van der Waals surface area contributed by atoms with Gasteiger partial charge in [-0.2, -0.15) is 11.8 Å². The van der Waals surface area contributed by atoms with Crippen molar-refractivity contribution < 1.29 is 4.79 Å². The second-order valence-electron chi connectivity index (χ2n) is 6.33. The first-order valence-corrected chi connectivity index (χ1v) is 8.66. The van der Waals surface area contributed by atoms with Crippen LogP contribution in [0.3, 0.4) is 0 Å². The van der Waals surface area contributed by atoms with E-state index in [1.807, 2.05) is 11.8 Å². The molecule has 0 spiro atoms. The first kappa shape index (κ1) is 14.4. The third-order valence-electron chi connectivity index (χ3n) is 4.75. The normalized spacial score (nSPS) is 35.9. The highest BCUT2D eigenvalue weighted by atomic mass is 32.2. The van der Waals surface area contributed by atoms with Crippen molar-refractivity contribution in [2.45, 2.75) is 44.8 Å². The van der Waals surface area contributed by atoms with Crippen LogP contribution in [0.25, 0.3) is 0 Å². The summed E-state index contributed by atoms with van der Waals surface area (Å²) in [5.74, 6) is 2.02. The Morgan fingerprint density at radius 3 is 2.50 bits per heavy atom. The molecule has 3 unspecified atom stereocenters. The maximum absolute atomic E-state index is 12.2. The van der Waals surface area contributed by atoms with Gasteiger partial charge in [0.2, 0.25) is 0 Å². The first-order valence-electron chi connectivity index (χ1n) is 7.38. The zero-order chi connectivity index (χ0) is 13.1. The summed E-state index contributed by atoms with van der Waals surface area (Å²) >= 11 is 2.00. The van der Waals surface area contributed by atoms with Crippen molar-refractivity contribution in [1.29, 1.82) is 0 Å². The third-order valence-corrected chi connectivity index (χ3v) is 5.89. The molecule has 0 amide bonds. The molecule has 1 saturated heterocycles. The van der Waals surface area contributed by atoms with Crippen molar-refractivity contribution in [3.8, 4) is 0 Å². The van der Waals surface area contributed by atoms with Crippen LogP contribution in [0.5, 0.6) is 0 Å². The van der Waals surface area contributed by atoms with Gasteiger partial charge in [0.05, 0.1) is 0 Å². The minimum atomic E-state index is 0.312. The molecule has 0 aromatic rings. The van der Waals surface area contributed by atoms with Gasteiger partial charge in [-0.3, -0.25) is 4.79 Å². The van der Waals surface area contributed by atoms with E-state index in [-0.39, 0.29) is 0 Å². The van der Waals surface area contributed by atoms with Gasteiger partial charge >= 0.3 is 0 Å². The van der Waals surface area contributed by atoms with Crippen LogP contribution >= 0.6 is 11.8 Å². The number of hydrogen-bond acceptors (Lipinski definition) is 3. The summed E-state index contributed by atoms with van der Waals surface area (Å²) < 4.78 is 0.